The molecule has 158 valence electrons. The summed E-state index contributed by atoms with van der Waals surface area (Å²) in [5, 5.41) is 3.06. The smallest absolute Gasteiger partial charge is 0.419 e. The lowest BCUT2D eigenvalue weighted by atomic mass is 10.1. The molecule has 1 saturated heterocycles. The van der Waals surface area contributed by atoms with Gasteiger partial charge in [-0.25, -0.2) is 14.8 Å². The van der Waals surface area contributed by atoms with E-state index in [1.165, 1.54) is 18.5 Å². The molecule has 0 unspecified atom stereocenters. The highest BCUT2D eigenvalue weighted by Gasteiger charge is 2.36. The number of aromatic amines is 1. The van der Waals surface area contributed by atoms with E-state index >= 15 is 0 Å². The monoisotopic (exact) mass is 411 g/mol. The molecule has 3 rings (SSSR count). The fourth-order valence-electron chi connectivity index (χ4n) is 3.12. The molecule has 0 aliphatic carbocycles. The van der Waals surface area contributed by atoms with Crippen molar-refractivity contribution in [1.29, 1.82) is 0 Å². The van der Waals surface area contributed by atoms with Crippen molar-refractivity contribution in [2.24, 2.45) is 0 Å². The summed E-state index contributed by atoms with van der Waals surface area (Å²) >= 11 is 0. The predicted molar refractivity (Wildman–Crippen MR) is 101 cm³/mol. The molecule has 0 aromatic carbocycles. The summed E-state index contributed by atoms with van der Waals surface area (Å²) in [7, 11) is 0. The van der Waals surface area contributed by atoms with Crippen molar-refractivity contribution in [2.45, 2.75) is 51.4 Å². The maximum Gasteiger partial charge on any atom is 0.419 e. The maximum atomic E-state index is 13.3. The van der Waals surface area contributed by atoms with Gasteiger partial charge >= 0.3 is 12.3 Å². The summed E-state index contributed by atoms with van der Waals surface area (Å²) in [5.41, 5.74) is -1.38. The van der Waals surface area contributed by atoms with Crippen LogP contribution in [0.15, 0.2) is 24.7 Å². The quantitative estimate of drug-likeness (QED) is 0.787. The Balaban J connectivity index is 1.76. The van der Waals surface area contributed by atoms with Crippen LogP contribution in [0.1, 0.15) is 39.2 Å². The zero-order chi connectivity index (χ0) is 21.2. The topological polar surface area (TPSA) is 83.1 Å². The summed E-state index contributed by atoms with van der Waals surface area (Å²) in [4.78, 5) is 24.6. The first kappa shape index (κ1) is 20.9. The summed E-state index contributed by atoms with van der Waals surface area (Å²) in [6.45, 7) is 6.31. The normalized spacial score (nSPS) is 17.9. The Morgan fingerprint density at radius 3 is 2.72 bits per heavy atom. The number of carbonyl (C=O) groups excluding carboxylic acids is 1. The van der Waals surface area contributed by atoms with Gasteiger partial charge in [0.05, 0.1) is 5.69 Å². The molecule has 2 N–H and O–H groups in total. The second-order valence-corrected chi connectivity index (χ2v) is 7.96. The second-order valence-electron chi connectivity index (χ2n) is 7.96. The third-order valence-electron chi connectivity index (χ3n) is 4.37. The lowest BCUT2D eigenvalue weighted by molar-refractivity contribution is -0.137. The van der Waals surface area contributed by atoms with Gasteiger partial charge in [-0.05, 0) is 39.7 Å². The molecule has 3 heterocycles. The number of nitrogens with zero attached hydrogens (tertiary/aromatic N) is 3. The van der Waals surface area contributed by atoms with Gasteiger partial charge in [0.15, 0.2) is 0 Å². The summed E-state index contributed by atoms with van der Waals surface area (Å²) in [6, 6.07) is 1.33. The highest BCUT2D eigenvalue weighted by molar-refractivity contribution is 5.68. The number of piperidine rings is 1. The molecule has 1 aliphatic rings. The van der Waals surface area contributed by atoms with Gasteiger partial charge < -0.3 is 19.9 Å². The Morgan fingerprint density at radius 1 is 1.34 bits per heavy atom. The molecule has 1 atom stereocenters. The molecule has 7 nitrogen and oxygen atoms in total. The lowest BCUT2D eigenvalue weighted by Gasteiger charge is -2.34. The van der Waals surface area contributed by atoms with Gasteiger partial charge in [0.1, 0.15) is 11.2 Å². The van der Waals surface area contributed by atoms with Crippen LogP contribution in [-0.2, 0) is 10.9 Å². The van der Waals surface area contributed by atoms with E-state index in [0.29, 0.717) is 18.7 Å². The van der Waals surface area contributed by atoms with Gasteiger partial charge in [-0.2, -0.15) is 13.2 Å². The van der Waals surface area contributed by atoms with E-state index in [-0.39, 0.29) is 17.7 Å². The minimum Gasteiger partial charge on any atom is -0.444 e. The molecular weight excluding hydrogens is 387 g/mol. The molecule has 0 spiro atoms. The van der Waals surface area contributed by atoms with Crippen molar-refractivity contribution in [1.82, 2.24) is 19.9 Å². The number of carbonyl (C=O) groups is 1. The first-order valence-corrected chi connectivity index (χ1v) is 9.35. The van der Waals surface area contributed by atoms with E-state index in [4.69, 9.17) is 4.74 Å². The fraction of sp³-hybridized carbons (Fsp3) is 0.526. The number of hydrogen-bond acceptors (Lipinski definition) is 5. The zero-order valence-electron chi connectivity index (χ0n) is 16.5. The van der Waals surface area contributed by atoms with E-state index in [2.05, 4.69) is 20.3 Å². The van der Waals surface area contributed by atoms with Crippen molar-refractivity contribution in [2.75, 3.05) is 18.4 Å². The van der Waals surface area contributed by atoms with E-state index < -0.39 is 23.4 Å². The molecule has 1 aliphatic heterocycles. The van der Waals surface area contributed by atoms with Crippen LogP contribution >= 0.6 is 0 Å². The number of H-pyrrole nitrogens is 1. The number of halogens is 3. The predicted octanol–water partition coefficient (Wildman–Crippen LogP) is 4.30. The van der Waals surface area contributed by atoms with Crippen molar-refractivity contribution < 1.29 is 22.7 Å². The van der Waals surface area contributed by atoms with Gasteiger partial charge in [0.2, 0.25) is 5.95 Å². The van der Waals surface area contributed by atoms with Crippen LogP contribution in [0.3, 0.4) is 0 Å². The number of hydrogen-bond donors (Lipinski definition) is 2. The van der Waals surface area contributed by atoms with Crippen LogP contribution in [0.5, 0.6) is 0 Å². The Labute approximate surface area is 166 Å². The molecule has 2 aromatic heterocycles. The van der Waals surface area contributed by atoms with Gasteiger partial charge in [-0.1, -0.05) is 0 Å². The zero-order valence-corrected chi connectivity index (χ0v) is 16.5. The Bertz CT molecular complexity index is 847. The minimum atomic E-state index is -4.57. The first-order chi connectivity index (χ1) is 13.5. The summed E-state index contributed by atoms with van der Waals surface area (Å²) < 4.78 is 45.4. The molecule has 10 heteroatoms. The molecule has 29 heavy (non-hydrogen) atoms. The molecule has 1 fully saturated rings. The van der Waals surface area contributed by atoms with E-state index in [9.17, 15) is 18.0 Å². The van der Waals surface area contributed by atoms with Crippen LogP contribution in [0.25, 0.3) is 11.3 Å². The van der Waals surface area contributed by atoms with E-state index in [0.717, 1.165) is 19.0 Å². The van der Waals surface area contributed by atoms with Crippen LogP contribution in [0.4, 0.5) is 23.9 Å². The third kappa shape index (κ3) is 5.39. The average Bonchev–Trinajstić information content (AvgIpc) is 3.14. The van der Waals surface area contributed by atoms with Crippen LogP contribution in [0, 0.1) is 0 Å². The standard InChI is InChI=1S/C19H24F3N5O2/c1-18(2,3)29-17(28)27-8-4-5-13(11-27)25-16-24-10-14(19(20,21)22)15(26-16)12-6-7-23-9-12/h6-7,9-10,13,23H,4-5,8,11H2,1-3H3,(H,24,25,26)/t13-/m0/s1. The Morgan fingerprint density at radius 2 is 2.10 bits per heavy atom. The van der Waals surface area contributed by atoms with Gasteiger partial charge in [-0.15, -0.1) is 0 Å². The molecular formula is C19H24F3N5O2. The fourth-order valence-corrected chi connectivity index (χ4v) is 3.12. The summed E-state index contributed by atoms with van der Waals surface area (Å²) in [5.74, 6) is 0.0882. The van der Waals surface area contributed by atoms with Crippen LogP contribution in [0.2, 0.25) is 0 Å². The van der Waals surface area contributed by atoms with Gasteiger partial charge in [-0.3, -0.25) is 0 Å². The number of rotatable bonds is 3. The largest absolute Gasteiger partial charge is 0.444 e. The van der Waals surface area contributed by atoms with Gasteiger partial charge in [0.25, 0.3) is 0 Å². The van der Waals surface area contributed by atoms with Gasteiger partial charge in [0, 0.05) is 43.3 Å². The molecule has 2 aromatic rings. The van der Waals surface area contributed by atoms with Crippen molar-refractivity contribution >= 4 is 12.0 Å². The number of ether oxygens (including phenoxy) is 1. The maximum absolute atomic E-state index is 13.3. The Hall–Kier alpha value is -2.78. The SMILES string of the molecule is CC(C)(C)OC(=O)N1CCC[C@H](Nc2ncc(C(F)(F)F)c(-c3cc[nH]c3)n2)C1. The lowest BCUT2D eigenvalue weighted by Crippen LogP contribution is -2.47. The number of anilines is 1. The molecule has 0 saturated carbocycles. The minimum absolute atomic E-state index is 0.0882. The van der Waals surface area contributed by atoms with E-state index in [1.54, 1.807) is 25.7 Å². The van der Waals surface area contributed by atoms with Crippen LogP contribution in [-0.4, -0.2) is 50.7 Å². The highest BCUT2D eigenvalue weighted by Crippen LogP contribution is 2.36. The van der Waals surface area contributed by atoms with Crippen LogP contribution < -0.4 is 5.32 Å². The van der Waals surface area contributed by atoms with Crippen molar-refractivity contribution in [3.05, 3.63) is 30.2 Å². The highest BCUT2D eigenvalue weighted by atomic mass is 19.4. The van der Waals surface area contributed by atoms with Crippen molar-refractivity contribution in [3.8, 4) is 11.3 Å². The number of amides is 1. The summed E-state index contributed by atoms with van der Waals surface area (Å²) in [6.07, 6.45) is 0.267. The molecule has 0 radical (unpaired) electrons. The van der Waals surface area contributed by atoms with Crippen molar-refractivity contribution in [3.63, 3.8) is 0 Å². The number of nitrogens with one attached hydrogen (secondary N) is 2. The number of likely N-dealkylation sites (tertiary alicyclic amines) is 1. The molecule has 1 amide bonds. The molecule has 0 bridgehead atoms. The average molecular weight is 411 g/mol. The van der Waals surface area contributed by atoms with E-state index in [1.807, 2.05) is 0 Å². The number of alkyl halides is 3. The third-order valence-corrected chi connectivity index (χ3v) is 4.37. The number of aromatic nitrogens is 3. The first-order valence-electron chi connectivity index (χ1n) is 9.35. The Kier molecular flexibility index (Phi) is 5.72. The second kappa shape index (κ2) is 7.92.